The van der Waals surface area contributed by atoms with Crippen molar-refractivity contribution in [3.05, 3.63) is 34.9 Å². The molecule has 1 aromatic rings. The average molecular weight is 276 g/mol. The highest BCUT2D eigenvalue weighted by Crippen LogP contribution is 2.27. The van der Waals surface area contributed by atoms with Crippen LogP contribution < -0.4 is 11.1 Å². The normalized spacial score (nSPS) is 24.6. The van der Waals surface area contributed by atoms with Gasteiger partial charge in [-0.05, 0) is 49.3 Å². The topological polar surface area (TPSA) is 58.3 Å². The van der Waals surface area contributed by atoms with E-state index < -0.39 is 0 Å². The summed E-state index contributed by atoms with van der Waals surface area (Å²) in [6, 6.07) is 6.99. The molecule has 0 heterocycles. The van der Waals surface area contributed by atoms with Gasteiger partial charge in [-0.1, -0.05) is 31.0 Å². The largest absolute Gasteiger partial charge is 0.396 e. The van der Waals surface area contributed by atoms with Crippen LogP contribution in [0.5, 0.6) is 0 Å². The van der Waals surface area contributed by atoms with E-state index in [4.69, 9.17) is 5.73 Å². The molecule has 0 saturated heterocycles. The lowest BCUT2D eigenvalue weighted by molar-refractivity contribution is 0.146. The molecule has 1 aliphatic rings. The number of aryl methyl sites for hydroxylation is 1. The van der Waals surface area contributed by atoms with Crippen LogP contribution in [-0.4, -0.2) is 24.3 Å². The van der Waals surface area contributed by atoms with E-state index in [1.165, 1.54) is 29.5 Å². The zero-order chi connectivity index (χ0) is 14.5. The van der Waals surface area contributed by atoms with E-state index >= 15 is 0 Å². The van der Waals surface area contributed by atoms with Gasteiger partial charge in [0.15, 0.2) is 0 Å². The van der Waals surface area contributed by atoms with Gasteiger partial charge in [0.05, 0.1) is 0 Å². The summed E-state index contributed by atoms with van der Waals surface area (Å²) in [7, 11) is 0. The highest BCUT2D eigenvalue weighted by molar-refractivity contribution is 5.35. The lowest BCUT2D eigenvalue weighted by Crippen LogP contribution is -2.44. The van der Waals surface area contributed by atoms with Gasteiger partial charge in [0.1, 0.15) is 0 Å². The maximum atomic E-state index is 9.55. The maximum Gasteiger partial charge on any atom is 0.0474 e. The number of rotatable bonds is 5. The van der Waals surface area contributed by atoms with Gasteiger partial charge < -0.3 is 16.2 Å². The Morgan fingerprint density at radius 2 is 2.05 bits per heavy atom. The number of aliphatic hydroxyl groups is 1. The molecule has 0 bridgehead atoms. The second-order valence-corrected chi connectivity index (χ2v) is 6.08. The minimum absolute atomic E-state index is 0.187. The fraction of sp³-hybridized carbons (Fsp3) is 0.647. The third kappa shape index (κ3) is 3.40. The second-order valence-electron chi connectivity index (χ2n) is 6.08. The van der Waals surface area contributed by atoms with Crippen molar-refractivity contribution in [1.29, 1.82) is 0 Å². The van der Waals surface area contributed by atoms with Crippen LogP contribution in [0.2, 0.25) is 0 Å². The number of hydrogen-bond donors (Lipinski definition) is 3. The number of benzene rings is 1. The SMILES string of the molecule is Cc1cccc(C(CN)NC2CCCCC2CO)c1C. The Morgan fingerprint density at radius 1 is 1.30 bits per heavy atom. The van der Waals surface area contributed by atoms with Gasteiger partial charge in [-0.25, -0.2) is 0 Å². The molecule has 2 rings (SSSR count). The maximum absolute atomic E-state index is 9.55. The summed E-state index contributed by atoms with van der Waals surface area (Å²) in [5.74, 6) is 0.378. The first-order chi connectivity index (χ1) is 9.67. The van der Waals surface area contributed by atoms with Crippen molar-refractivity contribution >= 4 is 0 Å². The number of aliphatic hydroxyl groups excluding tert-OH is 1. The van der Waals surface area contributed by atoms with E-state index in [0.29, 0.717) is 18.5 Å². The van der Waals surface area contributed by atoms with Gasteiger partial charge in [0.25, 0.3) is 0 Å². The van der Waals surface area contributed by atoms with Crippen LogP contribution in [0.15, 0.2) is 18.2 Å². The number of hydrogen-bond acceptors (Lipinski definition) is 3. The fourth-order valence-corrected chi connectivity index (χ4v) is 3.34. The summed E-state index contributed by atoms with van der Waals surface area (Å²) < 4.78 is 0. The zero-order valence-corrected chi connectivity index (χ0v) is 12.7. The molecule has 0 spiro atoms. The molecule has 1 saturated carbocycles. The standard InChI is InChI=1S/C17H28N2O/c1-12-6-5-8-15(13(12)2)17(10-18)19-16-9-4-3-7-14(16)11-20/h5-6,8,14,16-17,19-20H,3-4,7,9-11,18H2,1-2H3. The van der Waals surface area contributed by atoms with E-state index in [2.05, 4.69) is 37.4 Å². The lowest BCUT2D eigenvalue weighted by atomic mass is 9.84. The molecular formula is C17H28N2O. The Morgan fingerprint density at radius 3 is 2.75 bits per heavy atom. The number of nitrogens with two attached hydrogens (primary N) is 1. The Hall–Kier alpha value is -0.900. The van der Waals surface area contributed by atoms with Crippen LogP contribution in [0.3, 0.4) is 0 Å². The first kappa shape index (κ1) is 15.5. The van der Waals surface area contributed by atoms with Crippen LogP contribution in [0.1, 0.15) is 48.4 Å². The monoisotopic (exact) mass is 276 g/mol. The molecular weight excluding hydrogens is 248 g/mol. The zero-order valence-electron chi connectivity index (χ0n) is 12.7. The predicted octanol–water partition coefficient (Wildman–Crippen LogP) is 2.44. The van der Waals surface area contributed by atoms with Crippen LogP contribution in [0.25, 0.3) is 0 Å². The van der Waals surface area contributed by atoms with E-state index in [9.17, 15) is 5.11 Å². The molecule has 112 valence electrons. The molecule has 1 fully saturated rings. The summed E-state index contributed by atoms with van der Waals surface area (Å²) in [4.78, 5) is 0. The summed E-state index contributed by atoms with van der Waals surface area (Å²) in [5, 5.41) is 13.3. The highest BCUT2D eigenvalue weighted by atomic mass is 16.3. The summed E-state index contributed by atoms with van der Waals surface area (Å²) in [6.07, 6.45) is 4.75. The fourth-order valence-electron chi connectivity index (χ4n) is 3.34. The highest BCUT2D eigenvalue weighted by Gasteiger charge is 2.27. The molecule has 1 aliphatic carbocycles. The van der Waals surface area contributed by atoms with Crippen molar-refractivity contribution in [2.45, 2.75) is 51.6 Å². The van der Waals surface area contributed by atoms with Gasteiger partial charge in [-0.3, -0.25) is 0 Å². The van der Waals surface area contributed by atoms with Crippen molar-refractivity contribution < 1.29 is 5.11 Å². The van der Waals surface area contributed by atoms with Crippen molar-refractivity contribution in [3.63, 3.8) is 0 Å². The van der Waals surface area contributed by atoms with Crippen LogP contribution >= 0.6 is 0 Å². The van der Waals surface area contributed by atoms with Crippen molar-refractivity contribution in [1.82, 2.24) is 5.32 Å². The minimum atomic E-state index is 0.187. The van der Waals surface area contributed by atoms with Gasteiger partial charge in [0, 0.05) is 25.2 Å². The van der Waals surface area contributed by atoms with Gasteiger partial charge in [-0.15, -0.1) is 0 Å². The molecule has 3 heteroatoms. The van der Waals surface area contributed by atoms with E-state index in [0.717, 1.165) is 12.8 Å². The van der Waals surface area contributed by atoms with Crippen molar-refractivity contribution in [2.24, 2.45) is 11.7 Å². The Bertz CT molecular complexity index is 433. The van der Waals surface area contributed by atoms with Crippen molar-refractivity contribution in [3.8, 4) is 0 Å². The predicted molar refractivity (Wildman–Crippen MR) is 83.7 cm³/mol. The second kappa shape index (κ2) is 7.21. The van der Waals surface area contributed by atoms with Crippen LogP contribution in [-0.2, 0) is 0 Å². The molecule has 0 aliphatic heterocycles. The molecule has 3 nitrogen and oxygen atoms in total. The molecule has 0 amide bonds. The summed E-state index contributed by atoms with van der Waals surface area (Å²) in [5.41, 5.74) is 9.94. The van der Waals surface area contributed by atoms with E-state index in [1.54, 1.807) is 0 Å². The molecule has 0 aromatic heterocycles. The molecule has 1 aromatic carbocycles. The molecule has 3 atom stereocenters. The van der Waals surface area contributed by atoms with E-state index in [-0.39, 0.29) is 12.6 Å². The Balaban J connectivity index is 2.13. The summed E-state index contributed by atoms with van der Waals surface area (Å²) >= 11 is 0. The third-order valence-corrected chi connectivity index (χ3v) is 4.82. The lowest BCUT2D eigenvalue weighted by Gasteiger charge is -2.34. The van der Waals surface area contributed by atoms with Crippen LogP contribution in [0, 0.1) is 19.8 Å². The van der Waals surface area contributed by atoms with Gasteiger partial charge in [0.2, 0.25) is 0 Å². The van der Waals surface area contributed by atoms with Crippen LogP contribution in [0.4, 0.5) is 0 Å². The summed E-state index contributed by atoms with van der Waals surface area (Å²) in [6.45, 7) is 5.18. The van der Waals surface area contributed by atoms with Gasteiger partial charge in [-0.2, -0.15) is 0 Å². The first-order valence-corrected chi connectivity index (χ1v) is 7.80. The first-order valence-electron chi connectivity index (χ1n) is 7.80. The van der Waals surface area contributed by atoms with Gasteiger partial charge >= 0.3 is 0 Å². The quantitative estimate of drug-likeness (QED) is 0.774. The Kier molecular flexibility index (Phi) is 5.58. The smallest absolute Gasteiger partial charge is 0.0474 e. The molecule has 4 N–H and O–H groups in total. The molecule has 20 heavy (non-hydrogen) atoms. The Labute approximate surface area is 122 Å². The third-order valence-electron chi connectivity index (χ3n) is 4.82. The number of nitrogens with one attached hydrogen (secondary N) is 1. The minimum Gasteiger partial charge on any atom is -0.396 e. The van der Waals surface area contributed by atoms with E-state index in [1.807, 2.05) is 0 Å². The average Bonchev–Trinajstić information content (AvgIpc) is 2.48. The molecule has 0 radical (unpaired) electrons. The molecule has 3 unspecified atom stereocenters. The van der Waals surface area contributed by atoms with Crippen molar-refractivity contribution in [2.75, 3.05) is 13.2 Å².